The number of rotatable bonds is 0. The van der Waals surface area contributed by atoms with Crippen LogP contribution < -0.4 is 11.5 Å². The van der Waals surface area contributed by atoms with Crippen molar-refractivity contribution in [2.45, 2.75) is 37.1 Å². The predicted molar refractivity (Wildman–Crippen MR) is 37.2 cm³/mol. The van der Waals surface area contributed by atoms with Gasteiger partial charge in [-0.25, -0.2) is 0 Å². The molecule has 0 aliphatic heterocycles. The summed E-state index contributed by atoms with van der Waals surface area (Å²) in [5, 5.41) is 18.2. The second-order valence-corrected chi connectivity index (χ2v) is 2.95. The van der Waals surface area contributed by atoms with E-state index in [4.69, 9.17) is 21.7 Å². The van der Waals surface area contributed by atoms with Gasteiger partial charge in [-0.05, 0) is 12.8 Å². The van der Waals surface area contributed by atoms with Crippen molar-refractivity contribution < 1.29 is 10.2 Å². The van der Waals surface area contributed by atoms with E-state index in [1.54, 1.807) is 0 Å². The van der Waals surface area contributed by atoms with Gasteiger partial charge in [0.15, 0.2) is 0 Å². The van der Waals surface area contributed by atoms with Crippen molar-refractivity contribution in [1.29, 1.82) is 0 Å². The maximum absolute atomic E-state index is 9.13. The summed E-state index contributed by atoms with van der Waals surface area (Å²) >= 11 is 0. The van der Waals surface area contributed by atoms with E-state index in [0.29, 0.717) is 12.8 Å². The van der Waals surface area contributed by atoms with Crippen LogP contribution in [0.15, 0.2) is 0 Å². The highest BCUT2D eigenvalue weighted by Crippen LogP contribution is 2.16. The first-order valence-corrected chi connectivity index (χ1v) is 3.48. The van der Waals surface area contributed by atoms with Crippen LogP contribution in [0.4, 0.5) is 0 Å². The number of aliphatic hydroxyl groups excluding tert-OH is 2. The van der Waals surface area contributed by atoms with Gasteiger partial charge in [-0.3, -0.25) is 0 Å². The molecule has 3 unspecified atom stereocenters. The van der Waals surface area contributed by atoms with Gasteiger partial charge in [-0.15, -0.1) is 0 Å². The van der Waals surface area contributed by atoms with Gasteiger partial charge in [0, 0.05) is 12.1 Å². The lowest BCUT2D eigenvalue weighted by Gasteiger charge is -2.32. The van der Waals surface area contributed by atoms with Crippen LogP contribution in [-0.4, -0.2) is 34.5 Å². The molecular formula is C6H14N2O2. The lowest BCUT2D eigenvalue weighted by molar-refractivity contribution is -0.0259. The Hall–Kier alpha value is -0.160. The van der Waals surface area contributed by atoms with Gasteiger partial charge >= 0.3 is 0 Å². The van der Waals surface area contributed by atoms with Gasteiger partial charge < -0.3 is 21.7 Å². The lowest BCUT2D eigenvalue weighted by Crippen LogP contribution is -2.52. The fourth-order valence-corrected chi connectivity index (χ4v) is 1.32. The molecule has 4 atom stereocenters. The zero-order chi connectivity index (χ0) is 7.72. The average Bonchev–Trinajstić information content (AvgIpc) is 1.82. The molecule has 0 amide bonds. The maximum Gasteiger partial charge on any atom is 0.0950 e. The van der Waals surface area contributed by atoms with E-state index in [1.165, 1.54) is 0 Å². The third-order valence-corrected chi connectivity index (χ3v) is 1.95. The molecule has 0 aromatic rings. The molecule has 60 valence electrons. The summed E-state index contributed by atoms with van der Waals surface area (Å²) in [4.78, 5) is 0. The van der Waals surface area contributed by atoms with Gasteiger partial charge in [-0.2, -0.15) is 0 Å². The van der Waals surface area contributed by atoms with Crippen LogP contribution >= 0.6 is 0 Å². The quantitative estimate of drug-likeness (QED) is 0.323. The van der Waals surface area contributed by atoms with Crippen molar-refractivity contribution in [3.05, 3.63) is 0 Å². The fourth-order valence-electron chi connectivity index (χ4n) is 1.32. The second-order valence-electron chi connectivity index (χ2n) is 2.95. The third kappa shape index (κ3) is 1.46. The summed E-state index contributed by atoms with van der Waals surface area (Å²) in [6, 6.07) is -0.424. The zero-order valence-electron chi connectivity index (χ0n) is 5.77. The first-order chi connectivity index (χ1) is 4.61. The smallest absolute Gasteiger partial charge is 0.0950 e. The summed E-state index contributed by atoms with van der Waals surface area (Å²) in [5.41, 5.74) is 11.0. The number of hydrogen-bond acceptors (Lipinski definition) is 4. The Labute approximate surface area is 59.8 Å². The Balaban J connectivity index is 2.49. The van der Waals surface area contributed by atoms with Crippen molar-refractivity contribution in [2.75, 3.05) is 0 Å². The van der Waals surface area contributed by atoms with Crippen molar-refractivity contribution >= 4 is 0 Å². The molecule has 0 bridgehead atoms. The van der Waals surface area contributed by atoms with Gasteiger partial charge in [-0.1, -0.05) is 0 Å². The van der Waals surface area contributed by atoms with E-state index in [1.807, 2.05) is 0 Å². The molecule has 0 radical (unpaired) electrons. The Bertz CT molecular complexity index is 108. The molecule has 4 nitrogen and oxygen atoms in total. The van der Waals surface area contributed by atoms with E-state index in [-0.39, 0.29) is 12.1 Å². The highest BCUT2D eigenvalue weighted by atomic mass is 16.3. The molecule has 1 aliphatic carbocycles. The first kappa shape index (κ1) is 7.94. The minimum Gasteiger partial charge on any atom is -0.390 e. The minimum absolute atomic E-state index is 0.0617. The Morgan fingerprint density at radius 3 is 2.20 bits per heavy atom. The highest BCUT2D eigenvalue weighted by Gasteiger charge is 2.31. The molecule has 10 heavy (non-hydrogen) atoms. The van der Waals surface area contributed by atoms with Crippen LogP contribution in [0.25, 0.3) is 0 Å². The summed E-state index contributed by atoms with van der Waals surface area (Å²) in [6.45, 7) is 0. The molecule has 6 N–H and O–H groups in total. The minimum atomic E-state index is -0.792. The number of nitrogens with two attached hydrogens (primary N) is 2. The number of hydrogen-bond donors (Lipinski definition) is 4. The van der Waals surface area contributed by atoms with E-state index in [0.717, 1.165) is 0 Å². The topological polar surface area (TPSA) is 92.5 Å². The molecule has 1 rings (SSSR count). The molecule has 1 saturated carbocycles. The van der Waals surface area contributed by atoms with Crippen molar-refractivity contribution in [1.82, 2.24) is 0 Å². The largest absolute Gasteiger partial charge is 0.390 e. The van der Waals surface area contributed by atoms with Crippen molar-refractivity contribution in [2.24, 2.45) is 11.5 Å². The van der Waals surface area contributed by atoms with Crippen LogP contribution in [-0.2, 0) is 0 Å². The molecule has 0 saturated heterocycles. The molecule has 0 heterocycles. The normalized spacial score (nSPS) is 49.2. The second kappa shape index (κ2) is 2.84. The molecule has 0 spiro atoms. The Morgan fingerprint density at radius 1 is 1.10 bits per heavy atom. The Morgan fingerprint density at radius 2 is 1.70 bits per heavy atom. The average molecular weight is 146 g/mol. The predicted octanol–water partition coefficient (Wildman–Crippen LogP) is -1.84. The van der Waals surface area contributed by atoms with E-state index in [9.17, 15) is 0 Å². The molecule has 1 fully saturated rings. The lowest BCUT2D eigenvalue weighted by atomic mass is 9.87. The van der Waals surface area contributed by atoms with Crippen LogP contribution in [0.1, 0.15) is 12.8 Å². The zero-order valence-corrected chi connectivity index (χ0v) is 5.77. The Kier molecular flexibility index (Phi) is 2.25. The standard InChI is InChI=1S/C6H14N2O2/c7-3-1-4(8)6(10)5(9)2-3/h3-6,9-10H,1-2,7-8H2/t3?,4?,5?,6-/m0/s1. The van der Waals surface area contributed by atoms with Crippen LogP contribution in [0.5, 0.6) is 0 Å². The van der Waals surface area contributed by atoms with E-state index >= 15 is 0 Å². The fraction of sp³-hybridized carbons (Fsp3) is 1.00. The van der Waals surface area contributed by atoms with Gasteiger partial charge in [0.2, 0.25) is 0 Å². The summed E-state index contributed by atoms with van der Waals surface area (Å²) < 4.78 is 0. The van der Waals surface area contributed by atoms with E-state index < -0.39 is 12.2 Å². The van der Waals surface area contributed by atoms with Crippen LogP contribution in [0.2, 0.25) is 0 Å². The summed E-state index contributed by atoms with van der Waals surface area (Å²) in [7, 11) is 0. The maximum atomic E-state index is 9.13. The molecular weight excluding hydrogens is 132 g/mol. The first-order valence-electron chi connectivity index (χ1n) is 3.48. The van der Waals surface area contributed by atoms with Gasteiger partial charge in [0.05, 0.1) is 12.2 Å². The molecule has 1 aliphatic rings. The molecule has 0 aromatic carbocycles. The number of aliphatic hydroxyl groups is 2. The van der Waals surface area contributed by atoms with Crippen LogP contribution in [0.3, 0.4) is 0 Å². The molecule has 4 heteroatoms. The SMILES string of the molecule is NC1CC(N)[C@H](O)C(O)C1. The van der Waals surface area contributed by atoms with Gasteiger partial charge in [0.1, 0.15) is 0 Å². The summed E-state index contributed by atoms with van der Waals surface area (Å²) in [5.74, 6) is 0. The van der Waals surface area contributed by atoms with Crippen molar-refractivity contribution in [3.63, 3.8) is 0 Å². The molecule has 0 aromatic heterocycles. The summed E-state index contributed by atoms with van der Waals surface area (Å²) in [6.07, 6.45) is -0.480. The van der Waals surface area contributed by atoms with E-state index in [2.05, 4.69) is 0 Å². The van der Waals surface area contributed by atoms with Gasteiger partial charge in [0.25, 0.3) is 0 Å². The van der Waals surface area contributed by atoms with Crippen LogP contribution in [0, 0.1) is 0 Å². The van der Waals surface area contributed by atoms with Crippen molar-refractivity contribution in [3.8, 4) is 0 Å². The highest BCUT2D eigenvalue weighted by molar-refractivity contribution is 4.89. The third-order valence-electron chi connectivity index (χ3n) is 1.95. The monoisotopic (exact) mass is 146 g/mol.